The molecule has 21 heavy (non-hydrogen) atoms. The predicted molar refractivity (Wildman–Crippen MR) is 79.5 cm³/mol. The number of nitrogens with zero attached hydrogens (tertiary/aromatic N) is 2. The van der Waals surface area contributed by atoms with Gasteiger partial charge in [0.05, 0.1) is 25.1 Å². The van der Waals surface area contributed by atoms with Crippen LogP contribution in [0.1, 0.15) is 28.5 Å². The predicted octanol–water partition coefficient (Wildman–Crippen LogP) is 2.95. The number of ether oxygens (including phenoxy) is 2. The first-order chi connectivity index (χ1) is 10.1. The quantitative estimate of drug-likeness (QED) is 0.809. The number of hydrogen-bond acceptors (Lipinski definition) is 5. The zero-order chi connectivity index (χ0) is 15.4. The summed E-state index contributed by atoms with van der Waals surface area (Å²) in [6.07, 6.45) is 0. The van der Waals surface area contributed by atoms with E-state index in [0.29, 0.717) is 23.6 Å². The zero-order valence-corrected chi connectivity index (χ0v) is 12.6. The minimum absolute atomic E-state index is 0.235. The van der Waals surface area contributed by atoms with Crippen LogP contribution in [0.2, 0.25) is 0 Å². The number of carbonyl (C=O) groups excluding carboxylic acids is 1. The fourth-order valence-electron chi connectivity index (χ4n) is 2.12. The molecule has 1 aromatic heterocycles. The molecule has 2 aromatic rings. The second kappa shape index (κ2) is 6.35. The Morgan fingerprint density at radius 3 is 2.52 bits per heavy atom. The van der Waals surface area contributed by atoms with Crippen molar-refractivity contribution < 1.29 is 14.3 Å². The molecular weight excluding hydrogens is 268 g/mol. The highest BCUT2D eigenvalue weighted by Crippen LogP contribution is 2.28. The number of esters is 1. The summed E-state index contributed by atoms with van der Waals surface area (Å²) in [5.74, 6) is -0.420. The lowest BCUT2D eigenvalue weighted by Gasteiger charge is -2.13. The third-order valence-electron chi connectivity index (χ3n) is 3.13. The number of carbonyl (C=O) groups is 1. The molecule has 0 saturated heterocycles. The van der Waals surface area contributed by atoms with Crippen LogP contribution in [0.4, 0.5) is 0 Å². The molecule has 0 bridgehead atoms. The van der Waals surface area contributed by atoms with Gasteiger partial charge in [0.15, 0.2) is 0 Å². The summed E-state index contributed by atoms with van der Waals surface area (Å²) in [5.41, 5.74) is 3.34. The standard InChI is InChI=1S/C16H18N2O3/c1-5-21-15(19)13-11(3)17-16(20-4)18-14(13)12-9-7-6-8-10(12)2/h6-9H,5H2,1-4H3. The topological polar surface area (TPSA) is 61.3 Å². The van der Waals surface area contributed by atoms with E-state index < -0.39 is 5.97 Å². The maximum absolute atomic E-state index is 12.2. The van der Waals surface area contributed by atoms with Gasteiger partial charge in [0.1, 0.15) is 5.56 Å². The second-order valence-electron chi connectivity index (χ2n) is 4.55. The van der Waals surface area contributed by atoms with Gasteiger partial charge in [0.2, 0.25) is 0 Å². The first kappa shape index (κ1) is 15.0. The van der Waals surface area contributed by atoms with E-state index in [2.05, 4.69) is 9.97 Å². The monoisotopic (exact) mass is 286 g/mol. The highest BCUT2D eigenvalue weighted by atomic mass is 16.5. The van der Waals surface area contributed by atoms with Crippen LogP contribution >= 0.6 is 0 Å². The molecule has 110 valence electrons. The van der Waals surface area contributed by atoms with Gasteiger partial charge in [-0.05, 0) is 26.3 Å². The van der Waals surface area contributed by atoms with Crippen LogP contribution in [-0.2, 0) is 4.74 Å². The lowest BCUT2D eigenvalue weighted by atomic mass is 10.0. The van der Waals surface area contributed by atoms with Gasteiger partial charge in [-0.2, -0.15) is 9.97 Å². The molecule has 5 nitrogen and oxygen atoms in total. The van der Waals surface area contributed by atoms with Crippen molar-refractivity contribution in [2.24, 2.45) is 0 Å². The molecule has 0 fully saturated rings. The first-order valence-electron chi connectivity index (χ1n) is 6.74. The molecule has 5 heteroatoms. The number of aromatic nitrogens is 2. The molecule has 1 aromatic carbocycles. The van der Waals surface area contributed by atoms with Crippen molar-refractivity contribution in [2.75, 3.05) is 13.7 Å². The SMILES string of the molecule is CCOC(=O)c1c(C)nc(OC)nc1-c1ccccc1C. The zero-order valence-electron chi connectivity index (χ0n) is 12.6. The summed E-state index contributed by atoms with van der Waals surface area (Å²) >= 11 is 0. The van der Waals surface area contributed by atoms with E-state index in [1.165, 1.54) is 7.11 Å². The lowest BCUT2D eigenvalue weighted by molar-refractivity contribution is 0.0525. The van der Waals surface area contributed by atoms with E-state index in [-0.39, 0.29) is 6.01 Å². The van der Waals surface area contributed by atoms with E-state index in [1.54, 1.807) is 13.8 Å². The Hall–Kier alpha value is -2.43. The minimum Gasteiger partial charge on any atom is -0.467 e. The molecule has 0 radical (unpaired) electrons. The van der Waals surface area contributed by atoms with Crippen molar-refractivity contribution in [3.05, 3.63) is 41.1 Å². The van der Waals surface area contributed by atoms with Gasteiger partial charge in [-0.1, -0.05) is 24.3 Å². The number of aryl methyl sites for hydroxylation is 2. The number of rotatable bonds is 4. The van der Waals surface area contributed by atoms with Crippen LogP contribution < -0.4 is 4.74 Å². The molecule has 0 aliphatic carbocycles. The van der Waals surface area contributed by atoms with Gasteiger partial charge >= 0.3 is 12.0 Å². The summed E-state index contributed by atoms with van der Waals surface area (Å²) in [7, 11) is 1.50. The molecule has 0 aliphatic heterocycles. The molecule has 1 heterocycles. The Balaban J connectivity index is 2.70. The highest BCUT2D eigenvalue weighted by molar-refractivity contribution is 5.97. The van der Waals surface area contributed by atoms with Crippen LogP contribution in [0.15, 0.2) is 24.3 Å². The molecular formula is C16H18N2O3. The van der Waals surface area contributed by atoms with Crippen molar-refractivity contribution in [3.63, 3.8) is 0 Å². The summed E-state index contributed by atoms with van der Waals surface area (Å²) in [6.45, 7) is 5.79. The number of hydrogen-bond donors (Lipinski definition) is 0. The van der Waals surface area contributed by atoms with Crippen molar-refractivity contribution >= 4 is 5.97 Å². The Bertz CT molecular complexity index is 669. The number of benzene rings is 1. The molecule has 2 rings (SSSR count). The van der Waals surface area contributed by atoms with Gasteiger partial charge in [0.25, 0.3) is 0 Å². The van der Waals surface area contributed by atoms with Crippen LogP contribution in [0.5, 0.6) is 6.01 Å². The Morgan fingerprint density at radius 1 is 1.19 bits per heavy atom. The van der Waals surface area contributed by atoms with Gasteiger partial charge in [-0.15, -0.1) is 0 Å². The average Bonchev–Trinajstić information content (AvgIpc) is 2.47. The van der Waals surface area contributed by atoms with Gasteiger partial charge < -0.3 is 9.47 Å². The van der Waals surface area contributed by atoms with Crippen molar-refractivity contribution in [2.45, 2.75) is 20.8 Å². The van der Waals surface area contributed by atoms with Crippen molar-refractivity contribution in [1.82, 2.24) is 9.97 Å². The Morgan fingerprint density at radius 2 is 1.90 bits per heavy atom. The summed E-state index contributed by atoms with van der Waals surface area (Å²) in [5, 5.41) is 0. The van der Waals surface area contributed by atoms with Crippen molar-refractivity contribution in [3.8, 4) is 17.3 Å². The Kier molecular flexibility index (Phi) is 4.52. The summed E-state index contributed by atoms with van der Waals surface area (Å²) < 4.78 is 10.2. The molecule has 0 unspecified atom stereocenters. The van der Waals surface area contributed by atoms with Crippen molar-refractivity contribution in [1.29, 1.82) is 0 Å². The maximum atomic E-state index is 12.2. The van der Waals surface area contributed by atoms with E-state index in [0.717, 1.165) is 11.1 Å². The Labute approximate surface area is 124 Å². The van der Waals surface area contributed by atoms with Gasteiger partial charge in [-0.3, -0.25) is 0 Å². The minimum atomic E-state index is -0.420. The van der Waals surface area contributed by atoms with Gasteiger partial charge in [-0.25, -0.2) is 4.79 Å². The number of methoxy groups -OCH3 is 1. The van der Waals surface area contributed by atoms with E-state index in [4.69, 9.17) is 9.47 Å². The van der Waals surface area contributed by atoms with Crippen LogP contribution in [0, 0.1) is 13.8 Å². The average molecular weight is 286 g/mol. The van der Waals surface area contributed by atoms with Crippen LogP contribution in [0.25, 0.3) is 11.3 Å². The third-order valence-corrected chi connectivity index (χ3v) is 3.13. The molecule has 0 spiro atoms. The molecule has 0 atom stereocenters. The molecule has 0 N–H and O–H groups in total. The first-order valence-corrected chi connectivity index (χ1v) is 6.74. The fourth-order valence-corrected chi connectivity index (χ4v) is 2.12. The molecule has 0 saturated carbocycles. The van der Waals surface area contributed by atoms with Crippen LogP contribution in [0.3, 0.4) is 0 Å². The fraction of sp³-hybridized carbons (Fsp3) is 0.312. The largest absolute Gasteiger partial charge is 0.467 e. The third kappa shape index (κ3) is 3.02. The normalized spacial score (nSPS) is 10.3. The maximum Gasteiger partial charge on any atom is 0.342 e. The van der Waals surface area contributed by atoms with E-state index in [9.17, 15) is 4.79 Å². The van der Waals surface area contributed by atoms with E-state index in [1.807, 2.05) is 31.2 Å². The summed E-state index contributed by atoms with van der Waals surface area (Å²) in [4.78, 5) is 20.8. The molecule has 0 amide bonds. The van der Waals surface area contributed by atoms with Crippen LogP contribution in [-0.4, -0.2) is 29.7 Å². The molecule has 0 aliphatic rings. The highest BCUT2D eigenvalue weighted by Gasteiger charge is 2.22. The van der Waals surface area contributed by atoms with Gasteiger partial charge in [0, 0.05) is 5.56 Å². The summed E-state index contributed by atoms with van der Waals surface area (Å²) in [6, 6.07) is 7.96. The second-order valence-corrected chi connectivity index (χ2v) is 4.55. The smallest absolute Gasteiger partial charge is 0.342 e. The van der Waals surface area contributed by atoms with E-state index >= 15 is 0 Å². The lowest BCUT2D eigenvalue weighted by Crippen LogP contribution is -2.12.